The molecule has 3 rings (SSSR count). The summed E-state index contributed by atoms with van der Waals surface area (Å²) in [6.45, 7) is 1.43. The molecule has 0 heterocycles. The summed E-state index contributed by atoms with van der Waals surface area (Å²) in [5.41, 5.74) is 6.25. The molecule has 3 aromatic rings. The van der Waals surface area contributed by atoms with Crippen molar-refractivity contribution in [3.8, 4) is 0 Å². The summed E-state index contributed by atoms with van der Waals surface area (Å²) in [6.07, 6.45) is 3.81. The topological polar surface area (TPSA) is 70.6 Å². The number of rotatable bonds is 6. The lowest BCUT2D eigenvalue weighted by atomic mass is 10.1. The van der Waals surface area contributed by atoms with Gasteiger partial charge in [-0.05, 0) is 35.9 Å². The summed E-state index contributed by atoms with van der Waals surface area (Å²) in [5.74, 6) is -0.495. The number of anilines is 1. The average Bonchev–Trinajstić information content (AvgIpc) is 2.75. The second kappa shape index (κ2) is 9.80. The van der Waals surface area contributed by atoms with Gasteiger partial charge in [-0.1, -0.05) is 66.7 Å². The maximum absolute atomic E-state index is 12.5. The SMILES string of the molecule is CC(=O)Nc1ccc(C(=O)N/N=C(/C=C\c2ccccc2)c2ccccc2)cc1. The largest absolute Gasteiger partial charge is 0.326 e. The molecule has 2 amide bonds. The summed E-state index contributed by atoms with van der Waals surface area (Å²) >= 11 is 0. The number of carbonyl (C=O) groups excluding carboxylic acids is 2. The van der Waals surface area contributed by atoms with Gasteiger partial charge in [0.25, 0.3) is 5.91 Å². The summed E-state index contributed by atoms with van der Waals surface area (Å²) < 4.78 is 0. The molecule has 0 aliphatic heterocycles. The number of allylic oxidation sites excluding steroid dienone is 1. The van der Waals surface area contributed by atoms with E-state index in [9.17, 15) is 9.59 Å². The van der Waals surface area contributed by atoms with Gasteiger partial charge in [0.15, 0.2) is 0 Å². The molecule has 5 heteroatoms. The number of hydrazone groups is 1. The van der Waals surface area contributed by atoms with Crippen LogP contribution in [0.4, 0.5) is 5.69 Å². The van der Waals surface area contributed by atoms with Crippen molar-refractivity contribution < 1.29 is 9.59 Å². The van der Waals surface area contributed by atoms with Crippen LogP contribution in [0, 0.1) is 0 Å². The molecule has 0 aliphatic rings. The van der Waals surface area contributed by atoms with Gasteiger partial charge in [-0.2, -0.15) is 5.10 Å². The van der Waals surface area contributed by atoms with Crippen LogP contribution in [0.3, 0.4) is 0 Å². The maximum Gasteiger partial charge on any atom is 0.271 e. The first-order valence-electron chi connectivity index (χ1n) is 9.16. The van der Waals surface area contributed by atoms with E-state index in [0.29, 0.717) is 17.0 Å². The predicted molar refractivity (Wildman–Crippen MR) is 117 cm³/mol. The third-order valence-electron chi connectivity index (χ3n) is 4.05. The third kappa shape index (κ3) is 6.01. The minimum Gasteiger partial charge on any atom is -0.326 e. The van der Waals surface area contributed by atoms with Gasteiger partial charge in [0.1, 0.15) is 0 Å². The Morgan fingerprint density at radius 2 is 1.41 bits per heavy atom. The Morgan fingerprint density at radius 1 is 0.793 bits per heavy atom. The molecule has 3 aromatic carbocycles. The molecule has 0 radical (unpaired) electrons. The Morgan fingerprint density at radius 3 is 2.03 bits per heavy atom. The molecular weight excluding hydrogens is 362 g/mol. The monoisotopic (exact) mass is 383 g/mol. The first-order valence-corrected chi connectivity index (χ1v) is 9.16. The standard InChI is InChI=1S/C24H21N3O2/c1-18(28)25-22-15-13-21(14-16-22)24(29)27-26-23(20-10-6-3-7-11-20)17-12-19-8-4-2-5-9-19/h2-17H,1H3,(H,25,28)(H,27,29)/b17-12-,26-23-. The minimum atomic E-state index is -0.332. The van der Waals surface area contributed by atoms with E-state index in [0.717, 1.165) is 11.1 Å². The van der Waals surface area contributed by atoms with Gasteiger partial charge < -0.3 is 5.32 Å². The van der Waals surface area contributed by atoms with Gasteiger partial charge in [-0.15, -0.1) is 0 Å². The van der Waals surface area contributed by atoms with E-state index in [1.165, 1.54) is 6.92 Å². The Hall–Kier alpha value is -3.99. The molecule has 0 saturated carbocycles. The fourth-order valence-corrected chi connectivity index (χ4v) is 2.63. The molecule has 0 fully saturated rings. The molecule has 29 heavy (non-hydrogen) atoms. The summed E-state index contributed by atoms with van der Waals surface area (Å²) in [5, 5.41) is 6.98. The predicted octanol–water partition coefficient (Wildman–Crippen LogP) is 4.49. The van der Waals surface area contributed by atoms with Crippen molar-refractivity contribution in [2.45, 2.75) is 6.92 Å². The van der Waals surface area contributed by atoms with E-state index in [2.05, 4.69) is 15.8 Å². The van der Waals surface area contributed by atoms with Gasteiger partial charge in [0.2, 0.25) is 5.91 Å². The maximum atomic E-state index is 12.5. The molecule has 0 bridgehead atoms. The molecule has 2 N–H and O–H groups in total. The smallest absolute Gasteiger partial charge is 0.271 e. The van der Waals surface area contributed by atoms with E-state index in [1.807, 2.05) is 72.8 Å². The minimum absolute atomic E-state index is 0.162. The third-order valence-corrected chi connectivity index (χ3v) is 4.05. The zero-order valence-corrected chi connectivity index (χ0v) is 16.0. The number of nitrogens with zero attached hydrogens (tertiary/aromatic N) is 1. The highest BCUT2D eigenvalue weighted by Gasteiger charge is 2.06. The van der Waals surface area contributed by atoms with Gasteiger partial charge in [-0.3, -0.25) is 9.59 Å². The number of benzene rings is 3. The van der Waals surface area contributed by atoms with Gasteiger partial charge in [0.05, 0.1) is 5.71 Å². The molecule has 0 aliphatic carbocycles. The van der Waals surface area contributed by atoms with Crippen LogP contribution in [0.1, 0.15) is 28.4 Å². The van der Waals surface area contributed by atoms with Crippen LogP contribution < -0.4 is 10.7 Å². The summed E-state index contributed by atoms with van der Waals surface area (Å²) in [6, 6.07) is 26.1. The molecule has 0 unspecified atom stereocenters. The van der Waals surface area contributed by atoms with Crippen LogP contribution in [0.15, 0.2) is 96.1 Å². The first-order chi connectivity index (χ1) is 14.1. The van der Waals surface area contributed by atoms with Crippen molar-refractivity contribution in [1.29, 1.82) is 0 Å². The molecule has 5 nitrogen and oxygen atoms in total. The van der Waals surface area contributed by atoms with E-state index < -0.39 is 0 Å². The highest BCUT2D eigenvalue weighted by atomic mass is 16.2. The lowest BCUT2D eigenvalue weighted by Crippen LogP contribution is -2.19. The fourth-order valence-electron chi connectivity index (χ4n) is 2.63. The molecular formula is C24H21N3O2. The number of nitrogens with one attached hydrogen (secondary N) is 2. The average molecular weight is 383 g/mol. The fraction of sp³-hybridized carbons (Fsp3) is 0.0417. The van der Waals surface area contributed by atoms with Crippen LogP contribution in [0.25, 0.3) is 6.08 Å². The van der Waals surface area contributed by atoms with Crippen molar-refractivity contribution in [3.05, 3.63) is 108 Å². The molecule has 0 spiro atoms. The highest BCUT2D eigenvalue weighted by molar-refractivity contribution is 6.11. The van der Waals surface area contributed by atoms with Crippen LogP contribution in [0.5, 0.6) is 0 Å². The molecule has 0 aromatic heterocycles. The number of hydrogen-bond donors (Lipinski definition) is 2. The second-order valence-corrected chi connectivity index (χ2v) is 6.31. The zero-order chi connectivity index (χ0) is 20.5. The number of amides is 2. The van der Waals surface area contributed by atoms with Crippen molar-refractivity contribution in [2.24, 2.45) is 5.10 Å². The summed E-state index contributed by atoms with van der Waals surface area (Å²) in [7, 11) is 0. The molecule has 0 atom stereocenters. The van der Waals surface area contributed by atoms with E-state index >= 15 is 0 Å². The summed E-state index contributed by atoms with van der Waals surface area (Å²) in [4.78, 5) is 23.6. The number of carbonyl (C=O) groups is 2. The Labute approximate surface area is 169 Å². The second-order valence-electron chi connectivity index (χ2n) is 6.31. The van der Waals surface area contributed by atoms with E-state index in [1.54, 1.807) is 24.3 Å². The van der Waals surface area contributed by atoms with Crippen LogP contribution in [-0.2, 0) is 4.79 Å². The van der Waals surface area contributed by atoms with Crippen molar-refractivity contribution in [1.82, 2.24) is 5.43 Å². The lowest BCUT2D eigenvalue weighted by Gasteiger charge is -2.06. The van der Waals surface area contributed by atoms with Gasteiger partial charge in [0, 0.05) is 23.7 Å². The Bertz CT molecular complexity index is 1020. The van der Waals surface area contributed by atoms with E-state index in [-0.39, 0.29) is 11.8 Å². The van der Waals surface area contributed by atoms with Crippen LogP contribution in [0.2, 0.25) is 0 Å². The van der Waals surface area contributed by atoms with Crippen LogP contribution >= 0.6 is 0 Å². The molecule has 0 saturated heterocycles. The lowest BCUT2D eigenvalue weighted by molar-refractivity contribution is -0.114. The zero-order valence-electron chi connectivity index (χ0n) is 16.0. The molecule has 144 valence electrons. The quantitative estimate of drug-likeness (QED) is 0.486. The van der Waals surface area contributed by atoms with Crippen LogP contribution in [-0.4, -0.2) is 17.5 Å². The van der Waals surface area contributed by atoms with E-state index in [4.69, 9.17) is 0 Å². The number of hydrogen-bond acceptors (Lipinski definition) is 3. The highest BCUT2D eigenvalue weighted by Crippen LogP contribution is 2.10. The van der Waals surface area contributed by atoms with Crippen molar-refractivity contribution >= 4 is 29.3 Å². The first kappa shape index (κ1) is 19.8. The Balaban J connectivity index is 1.78. The normalized spacial score (nSPS) is 11.3. The Kier molecular flexibility index (Phi) is 6.68. The van der Waals surface area contributed by atoms with Gasteiger partial charge in [-0.25, -0.2) is 5.43 Å². The van der Waals surface area contributed by atoms with Crippen molar-refractivity contribution in [2.75, 3.05) is 5.32 Å². The van der Waals surface area contributed by atoms with Crippen molar-refractivity contribution in [3.63, 3.8) is 0 Å². The van der Waals surface area contributed by atoms with Gasteiger partial charge >= 0.3 is 0 Å².